The van der Waals surface area contributed by atoms with Gasteiger partial charge < -0.3 is 33.0 Å². The Kier molecular flexibility index (Phi) is 35.6. The molecule has 10 nitrogen and oxygen atoms in total. The molecule has 0 saturated heterocycles. The Morgan fingerprint density at radius 3 is 1.91 bits per heavy atom. The molecule has 1 N–H and O–H groups in total. The van der Waals surface area contributed by atoms with Crippen LogP contribution in [-0.2, 0) is 32.7 Å². The van der Waals surface area contributed by atoms with Crippen LogP contribution in [0.4, 0.5) is 0 Å². The summed E-state index contributed by atoms with van der Waals surface area (Å²) in [6.07, 6.45) is 43.6. The number of esters is 2. The number of carbonyl (C=O) groups is 2. The molecule has 0 fully saturated rings. The first-order chi connectivity index (χ1) is 27.4. The van der Waals surface area contributed by atoms with Crippen LogP contribution in [0.5, 0.6) is 0 Å². The molecule has 0 radical (unpaired) electrons. The van der Waals surface area contributed by atoms with E-state index in [4.69, 9.17) is 18.5 Å². The number of aliphatic hydroxyl groups excluding tert-OH is 1. The minimum atomic E-state index is -4.67. The summed E-state index contributed by atoms with van der Waals surface area (Å²) in [6, 6.07) is 0. The van der Waals surface area contributed by atoms with Crippen LogP contribution >= 0.6 is 7.82 Å². The molecule has 0 saturated carbocycles. The zero-order valence-corrected chi connectivity index (χ0v) is 37.0. The summed E-state index contributed by atoms with van der Waals surface area (Å²) in [5.41, 5.74) is 0. The van der Waals surface area contributed by atoms with Crippen molar-refractivity contribution >= 4 is 19.8 Å². The molecule has 11 heteroatoms. The van der Waals surface area contributed by atoms with Crippen LogP contribution in [0.25, 0.3) is 0 Å². The number of phosphoric acid groups is 1. The second kappa shape index (κ2) is 37.4. The van der Waals surface area contributed by atoms with Crippen LogP contribution in [0.1, 0.15) is 136 Å². The average Bonchev–Trinajstić information content (AvgIpc) is 3.15. The van der Waals surface area contributed by atoms with Gasteiger partial charge in [0.2, 0.25) is 0 Å². The van der Waals surface area contributed by atoms with Crippen LogP contribution in [-0.4, -0.2) is 81.2 Å². The Bertz CT molecular complexity index is 1260. The number of hydrogen-bond acceptors (Lipinski definition) is 9. The van der Waals surface area contributed by atoms with Crippen molar-refractivity contribution in [1.29, 1.82) is 0 Å². The first-order valence-corrected chi connectivity index (χ1v) is 22.9. The summed E-state index contributed by atoms with van der Waals surface area (Å²) in [6.45, 7) is 3.86. The van der Waals surface area contributed by atoms with E-state index in [9.17, 15) is 24.2 Å². The van der Waals surface area contributed by atoms with E-state index in [1.807, 2.05) is 39.4 Å². The largest absolute Gasteiger partial charge is 0.756 e. The standard InChI is InChI=1S/C46H78NO9P/c1-6-8-10-12-14-16-17-18-19-20-21-23-25-29-33-37-45(49)53-41-44(42-55-57(51,52)54-40-39-47(3,4)5)56-46(50)38-34-30-26-28-32-36-43(48)35-31-27-24-22-15-13-11-9-7-2/h8,10,14-16,18-19,22,26-28,31-32,36,43-44,48H,6-7,9,11-13,17,20-21,23-25,29-30,33-35,37-42H2,1-5H3/b10-8-,16-14-,19-18-,22-15-,28-26+,31-27-,36-32-/t43?,44-/m1/s1. The van der Waals surface area contributed by atoms with Gasteiger partial charge in [-0.05, 0) is 77.0 Å². The zero-order chi connectivity index (χ0) is 42.3. The second-order valence-electron chi connectivity index (χ2n) is 15.2. The van der Waals surface area contributed by atoms with E-state index in [1.54, 1.807) is 12.2 Å². The van der Waals surface area contributed by atoms with Crippen molar-refractivity contribution < 1.29 is 47.2 Å². The van der Waals surface area contributed by atoms with E-state index in [1.165, 1.54) is 19.3 Å². The van der Waals surface area contributed by atoms with E-state index >= 15 is 0 Å². The van der Waals surface area contributed by atoms with E-state index in [-0.39, 0.29) is 26.1 Å². The number of ether oxygens (including phenoxy) is 2. The number of aliphatic hydroxyl groups is 1. The maximum absolute atomic E-state index is 12.6. The normalized spacial score (nSPS) is 15.0. The number of quaternary nitrogens is 1. The van der Waals surface area contributed by atoms with Gasteiger partial charge in [-0.3, -0.25) is 14.2 Å². The lowest BCUT2D eigenvalue weighted by atomic mass is 10.1. The Morgan fingerprint density at radius 1 is 0.667 bits per heavy atom. The highest BCUT2D eigenvalue weighted by Gasteiger charge is 2.21. The predicted octanol–water partition coefficient (Wildman–Crippen LogP) is 10.4. The fourth-order valence-corrected chi connectivity index (χ4v) is 5.82. The smallest absolute Gasteiger partial charge is 0.306 e. The van der Waals surface area contributed by atoms with E-state index < -0.39 is 38.6 Å². The number of nitrogens with zero attached hydrogens (tertiary/aromatic N) is 1. The van der Waals surface area contributed by atoms with Crippen molar-refractivity contribution in [1.82, 2.24) is 0 Å². The summed E-state index contributed by atoms with van der Waals surface area (Å²) < 4.78 is 33.7. The highest BCUT2D eigenvalue weighted by atomic mass is 31.2. The molecule has 0 aliphatic rings. The quantitative estimate of drug-likeness (QED) is 0.0162. The molecule has 0 rings (SSSR count). The van der Waals surface area contributed by atoms with Crippen molar-refractivity contribution in [3.8, 4) is 0 Å². The maximum atomic E-state index is 12.6. The summed E-state index contributed by atoms with van der Waals surface area (Å²) >= 11 is 0. The molecule has 0 aliphatic carbocycles. The summed E-state index contributed by atoms with van der Waals surface area (Å²) in [4.78, 5) is 37.5. The molecule has 0 heterocycles. The van der Waals surface area contributed by atoms with Crippen molar-refractivity contribution in [2.24, 2.45) is 0 Å². The first-order valence-electron chi connectivity index (χ1n) is 21.4. The molecule has 0 aromatic heterocycles. The minimum Gasteiger partial charge on any atom is -0.756 e. The van der Waals surface area contributed by atoms with Gasteiger partial charge in [0.25, 0.3) is 7.82 Å². The van der Waals surface area contributed by atoms with Gasteiger partial charge in [0.05, 0.1) is 33.9 Å². The van der Waals surface area contributed by atoms with Crippen LogP contribution < -0.4 is 4.89 Å². The molecule has 0 amide bonds. The second-order valence-corrected chi connectivity index (χ2v) is 16.6. The third-order valence-corrected chi connectivity index (χ3v) is 9.44. The molecule has 0 aromatic rings. The molecule has 57 heavy (non-hydrogen) atoms. The average molecular weight is 820 g/mol. The summed E-state index contributed by atoms with van der Waals surface area (Å²) in [5.74, 6) is -0.995. The topological polar surface area (TPSA) is 131 Å². The molecule has 0 aliphatic heterocycles. The van der Waals surface area contributed by atoms with Crippen molar-refractivity contribution in [2.75, 3.05) is 47.5 Å². The van der Waals surface area contributed by atoms with E-state index in [0.717, 1.165) is 64.2 Å². The summed E-state index contributed by atoms with van der Waals surface area (Å²) in [5, 5.41) is 10.1. The minimum absolute atomic E-state index is 0.0642. The highest BCUT2D eigenvalue weighted by molar-refractivity contribution is 7.45. The molecule has 3 atom stereocenters. The van der Waals surface area contributed by atoms with Gasteiger partial charge >= 0.3 is 11.9 Å². The third-order valence-electron chi connectivity index (χ3n) is 8.48. The van der Waals surface area contributed by atoms with Crippen LogP contribution in [0, 0.1) is 0 Å². The van der Waals surface area contributed by atoms with Crippen LogP contribution in [0.15, 0.2) is 85.1 Å². The maximum Gasteiger partial charge on any atom is 0.306 e. The number of phosphoric ester groups is 1. The number of hydrogen-bond donors (Lipinski definition) is 1. The van der Waals surface area contributed by atoms with Gasteiger partial charge in [-0.1, -0.05) is 131 Å². The monoisotopic (exact) mass is 820 g/mol. The highest BCUT2D eigenvalue weighted by Crippen LogP contribution is 2.38. The Balaban J connectivity index is 4.61. The van der Waals surface area contributed by atoms with Gasteiger partial charge in [-0.15, -0.1) is 0 Å². The van der Waals surface area contributed by atoms with Gasteiger partial charge in [0.15, 0.2) is 6.10 Å². The van der Waals surface area contributed by atoms with Gasteiger partial charge in [-0.25, -0.2) is 0 Å². The van der Waals surface area contributed by atoms with E-state index in [0.29, 0.717) is 36.7 Å². The lowest BCUT2D eigenvalue weighted by Gasteiger charge is -2.28. The molecule has 0 spiro atoms. The first kappa shape index (κ1) is 54.2. The van der Waals surface area contributed by atoms with E-state index in [2.05, 4.69) is 68.5 Å². The number of likely N-dealkylation sites (N-methyl/N-ethyl adjacent to an activating group) is 1. The SMILES string of the molecule is CC/C=C\C/C=C\C/C=C\CCCCCCCC(=O)OC[C@H](COP(=O)([O-])OCC[N+](C)(C)C)OC(=O)CCC/C=C/C=C\C(O)C/C=C\C/C=C\CCCCC. The van der Waals surface area contributed by atoms with Gasteiger partial charge in [-0.2, -0.15) is 0 Å². The summed E-state index contributed by atoms with van der Waals surface area (Å²) in [7, 11) is 1.05. The predicted molar refractivity (Wildman–Crippen MR) is 232 cm³/mol. The fourth-order valence-electron chi connectivity index (χ4n) is 5.09. The third kappa shape index (κ3) is 41.1. The number of rotatable bonds is 37. The lowest BCUT2D eigenvalue weighted by Crippen LogP contribution is -2.37. The molecule has 326 valence electrons. The fraction of sp³-hybridized carbons (Fsp3) is 0.652. The van der Waals surface area contributed by atoms with Crippen molar-refractivity contribution in [2.45, 2.75) is 148 Å². The molecule has 2 unspecified atom stereocenters. The number of carbonyl (C=O) groups excluding carboxylic acids is 2. The number of unbranched alkanes of at least 4 members (excludes halogenated alkanes) is 9. The van der Waals surface area contributed by atoms with Crippen molar-refractivity contribution in [3.63, 3.8) is 0 Å². The molecule has 0 bridgehead atoms. The molecular formula is C46H78NO9P. The van der Waals surface area contributed by atoms with Crippen LogP contribution in [0.3, 0.4) is 0 Å². The van der Waals surface area contributed by atoms with Crippen LogP contribution in [0.2, 0.25) is 0 Å². The Morgan fingerprint density at radius 2 is 1.25 bits per heavy atom. The Labute approximate surface area is 346 Å². The zero-order valence-electron chi connectivity index (χ0n) is 36.1. The Hall–Kier alpha value is -2.85. The molecule has 0 aromatic carbocycles. The molecular weight excluding hydrogens is 741 g/mol. The lowest BCUT2D eigenvalue weighted by molar-refractivity contribution is -0.870. The van der Waals surface area contributed by atoms with Crippen molar-refractivity contribution in [3.05, 3.63) is 85.1 Å². The number of allylic oxidation sites excluding steroid dienone is 12. The van der Waals surface area contributed by atoms with Gasteiger partial charge in [0.1, 0.15) is 19.8 Å². The van der Waals surface area contributed by atoms with Gasteiger partial charge in [0, 0.05) is 12.8 Å².